The number of nitrogens with zero attached hydrogens (tertiary/aromatic N) is 2. The topological polar surface area (TPSA) is 39.1 Å². The van der Waals surface area contributed by atoms with Crippen LogP contribution in [-0.4, -0.2) is 22.9 Å². The molecule has 0 amide bonds. The number of rotatable bonds is 7. The summed E-state index contributed by atoms with van der Waals surface area (Å²) in [5, 5.41) is 8.12. The predicted octanol–water partition coefficient (Wildman–Crippen LogP) is 3.08. The second-order valence-corrected chi connectivity index (χ2v) is 5.00. The predicted molar refractivity (Wildman–Crippen MR) is 85.7 cm³/mol. The zero-order valence-electron chi connectivity index (χ0n) is 13.4. The van der Waals surface area contributed by atoms with Crippen LogP contribution in [0, 0.1) is 0 Å². The summed E-state index contributed by atoms with van der Waals surface area (Å²) in [5.41, 5.74) is 3.44. The second kappa shape index (κ2) is 7.27. The Bertz CT molecular complexity index is 577. The van der Waals surface area contributed by atoms with Gasteiger partial charge < -0.3 is 10.1 Å². The first kappa shape index (κ1) is 15.6. The minimum absolute atomic E-state index is 0.0931. The molecule has 0 aliphatic heterocycles. The van der Waals surface area contributed by atoms with Crippen molar-refractivity contribution in [2.45, 2.75) is 33.2 Å². The van der Waals surface area contributed by atoms with Crippen molar-refractivity contribution in [1.82, 2.24) is 15.1 Å². The molecule has 1 atom stereocenters. The van der Waals surface area contributed by atoms with Gasteiger partial charge in [-0.1, -0.05) is 32.0 Å². The molecule has 0 spiro atoms. The molecule has 4 nitrogen and oxygen atoms in total. The molecule has 2 rings (SSSR count). The van der Waals surface area contributed by atoms with E-state index in [0.717, 1.165) is 30.0 Å². The van der Waals surface area contributed by atoms with Gasteiger partial charge in [0.1, 0.15) is 5.75 Å². The third-order valence-corrected chi connectivity index (χ3v) is 3.56. The molecule has 0 saturated carbocycles. The molecule has 21 heavy (non-hydrogen) atoms. The van der Waals surface area contributed by atoms with Crippen molar-refractivity contribution in [1.29, 1.82) is 0 Å². The maximum absolute atomic E-state index is 5.79. The standard InChI is InChI=1S/C17H25N3O/c1-5-13-12-15(20(4)19-13)17(18-6-2)14-10-8-9-11-16(14)21-7-3/h8-12,17-18H,5-7H2,1-4H3. The number of ether oxygens (including phenoxy) is 1. The summed E-state index contributed by atoms with van der Waals surface area (Å²) >= 11 is 0. The Morgan fingerprint density at radius 3 is 2.62 bits per heavy atom. The monoisotopic (exact) mass is 287 g/mol. The number of aryl methyl sites for hydroxylation is 2. The van der Waals surface area contributed by atoms with Gasteiger partial charge in [0.2, 0.25) is 0 Å². The van der Waals surface area contributed by atoms with Gasteiger partial charge >= 0.3 is 0 Å². The van der Waals surface area contributed by atoms with E-state index >= 15 is 0 Å². The lowest BCUT2D eigenvalue weighted by Gasteiger charge is -2.21. The van der Waals surface area contributed by atoms with Crippen molar-refractivity contribution in [3.63, 3.8) is 0 Å². The number of benzene rings is 1. The van der Waals surface area contributed by atoms with Crippen molar-refractivity contribution in [3.05, 3.63) is 47.3 Å². The fraction of sp³-hybridized carbons (Fsp3) is 0.471. The number of aromatic nitrogens is 2. The van der Waals surface area contributed by atoms with Gasteiger partial charge in [0.15, 0.2) is 0 Å². The lowest BCUT2D eigenvalue weighted by Crippen LogP contribution is -2.24. The van der Waals surface area contributed by atoms with E-state index in [-0.39, 0.29) is 6.04 Å². The summed E-state index contributed by atoms with van der Waals surface area (Å²) in [4.78, 5) is 0. The molecule has 114 valence electrons. The molecule has 1 unspecified atom stereocenters. The third kappa shape index (κ3) is 3.45. The Balaban J connectivity index is 2.45. The van der Waals surface area contributed by atoms with Crippen molar-refractivity contribution in [3.8, 4) is 5.75 Å². The van der Waals surface area contributed by atoms with Gasteiger partial charge in [0, 0.05) is 12.6 Å². The fourth-order valence-electron chi connectivity index (χ4n) is 2.57. The van der Waals surface area contributed by atoms with E-state index in [1.165, 1.54) is 5.69 Å². The molecule has 0 aliphatic rings. The third-order valence-electron chi connectivity index (χ3n) is 3.56. The van der Waals surface area contributed by atoms with Crippen molar-refractivity contribution in [2.75, 3.05) is 13.2 Å². The Hall–Kier alpha value is -1.81. The molecule has 4 heteroatoms. The second-order valence-electron chi connectivity index (χ2n) is 5.00. The van der Waals surface area contributed by atoms with Crippen molar-refractivity contribution < 1.29 is 4.74 Å². The van der Waals surface area contributed by atoms with Crippen molar-refractivity contribution in [2.24, 2.45) is 7.05 Å². The minimum atomic E-state index is 0.0931. The molecule has 0 fully saturated rings. The minimum Gasteiger partial charge on any atom is -0.494 e. The molecule has 1 aromatic heterocycles. The zero-order valence-corrected chi connectivity index (χ0v) is 13.4. The van der Waals surface area contributed by atoms with Crippen molar-refractivity contribution >= 4 is 0 Å². The highest BCUT2D eigenvalue weighted by Gasteiger charge is 2.21. The number of nitrogens with one attached hydrogen (secondary N) is 1. The Labute approximate surface area is 127 Å². The Morgan fingerprint density at radius 2 is 2.00 bits per heavy atom. The van der Waals surface area contributed by atoms with Crippen LogP contribution in [0.5, 0.6) is 5.75 Å². The van der Waals surface area contributed by atoms with E-state index in [1.54, 1.807) is 0 Å². The maximum Gasteiger partial charge on any atom is 0.124 e. The smallest absolute Gasteiger partial charge is 0.124 e. The summed E-state index contributed by atoms with van der Waals surface area (Å²) in [5.74, 6) is 0.935. The van der Waals surface area contributed by atoms with E-state index in [9.17, 15) is 0 Å². The first-order valence-corrected chi connectivity index (χ1v) is 7.69. The highest BCUT2D eigenvalue weighted by atomic mass is 16.5. The molecule has 1 heterocycles. The number of para-hydroxylation sites is 1. The van der Waals surface area contributed by atoms with Gasteiger partial charge in [0.05, 0.1) is 24.0 Å². The summed E-state index contributed by atoms with van der Waals surface area (Å²) in [7, 11) is 2.00. The number of hydrogen-bond acceptors (Lipinski definition) is 3. The molecule has 0 aliphatic carbocycles. The van der Waals surface area contributed by atoms with E-state index in [2.05, 4.69) is 42.5 Å². The average Bonchev–Trinajstić information content (AvgIpc) is 2.87. The van der Waals surface area contributed by atoms with Gasteiger partial charge in [-0.25, -0.2) is 0 Å². The van der Waals surface area contributed by atoms with Gasteiger partial charge in [-0.2, -0.15) is 5.10 Å². The van der Waals surface area contributed by atoms with Crippen LogP contribution in [0.25, 0.3) is 0 Å². The largest absolute Gasteiger partial charge is 0.494 e. The van der Waals surface area contributed by atoms with E-state index in [0.29, 0.717) is 6.61 Å². The highest BCUT2D eigenvalue weighted by Crippen LogP contribution is 2.30. The van der Waals surface area contributed by atoms with Crippen LogP contribution in [0.2, 0.25) is 0 Å². The molecular formula is C17H25N3O. The van der Waals surface area contributed by atoms with Crippen LogP contribution in [0.15, 0.2) is 30.3 Å². The summed E-state index contributed by atoms with van der Waals surface area (Å²) in [6.07, 6.45) is 0.944. The van der Waals surface area contributed by atoms with Gasteiger partial charge in [-0.3, -0.25) is 4.68 Å². The molecule has 1 aromatic carbocycles. The lowest BCUT2D eigenvalue weighted by molar-refractivity contribution is 0.333. The zero-order chi connectivity index (χ0) is 15.2. The number of hydrogen-bond donors (Lipinski definition) is 1. The summed E-state index contributed by atoms with van der Waals surface area (Å²) < 4.78 is 7.76. The quantitative estimate of drug-likeness (QED) is 0.850. The van der Waals surface area contributed by atoms with Crippen LogP contribution in [-0.2, 0) is 13.5 Å². The Kier molecular flexibility index (Phi) is 5.39. The molecule has 0 radical (unpaired) electrons. The van der Waals surface area contributed by atoms with Gasteiger partial charge in [-0.05, 0) is 32.0 Å². The molecule has 2 aromatic rings. The average molecular weight is 287 g/mol. The van der Waals surface area contributed by atoms with Crippen LogP contribution < -0.4 is 10.1 Å². The van der Waals surface area contributed by atoms with E-state index in [1.807, 2.05) is 30.8 Å². The summed E-state index contributed by atoms with van der Waals surface area (Å²) in [6.45, 7) is 7.81. The maximum atomic E-state index is 5.79. The molecule has 1 N–H and O–H groups in total. The fourth-order valence-corrected chi connectivity index (χ4v) is 2.57. The van der Waals surface area contributed by atoms with Gasteiger partial charge in [0.25, 0.3) is 0 Å². The van der Waals surface area contributed by atoms with Gasteiger partial charge in [-0.15, -0.1) is 0 Å². The first-order valence-electron chi connectivity index (χ1n) is 7.69. The van der Waals surface area contributed by atoms with Crippen LogP contribution in [0.4, 0.5) is 0 Å². The van der Waals surface area contributed by atoms with E-state index in [4.69, 9.17) is 4.74 Å². The highest BCUT2D eigenvalue weighted by molar-refractivity contribution is 5.40. The SMILES string of the molecule is CCNC(c1ccccc1OCC)c1cc(CC)nn1C. The molecule has 0 saturated heterocycles. The normalized spacial score (nSPS) is 12.4. The van der Waals surface area contributed by atoms with Crippen LogP contribution in [0.3, 0.4) is 0 Å². The Morgan fingerprint density at radius 1 is 1.24 bits per heavy atom. The molecule has 0 bridgehead atoms. The van der Waals surface area contributed by atoms with Crippen LogP contribution in [0.1, 0.15) is 43.8 Å². The first-order chi connectivity index (χ1) is 10.2. The summed E-state index contributed by atoms with van der Waals surface area (Å²) in [6, 6.07) is 10.5. The molecular weight excluding hydrogens is 262 g/mol. The lowest BCUT2D eigenvalue weighted by atomic mass is 10.0. The van der Waals surface area contributed by atoms with E-state index < -0.39 is 0 Å². The van der Waals surface area contributed by atoms with Crippen LogP contribution >= 0.6 is 0 Å².